The van der Waals surface area contributed by atoms with Crippen LogP contribution in [0.15, 0.2) is 42.5 Å². The number of hydrogen-bond acceptors (Lipinski definition) is 3. The molecule has 6 nitrogen and oxygen atoms in total. The van der Waals surface area contributed by atoms with E-state index in [1.807, 2.05) is 36.9 Å². The molecule has 0 unspecified atom stereocenters. The Morgan fingerprint density at radius 3 is 2.68 bits per heavy atom. The van der Waals surface area contributed by atoms with E-state index in [4.69, 9.17) is 4.74 Å². The number of ether oxygens (including phenoxy) is 1. The van der Waals surface area contributed by atoms with E-state index in [-0.39, 0.29) is 29.8 Å². The van der Waals surface area contributed by atoms with Gasteiger partial charge in [0, 0.05) is 25.6 Å². The third-order valence-electron chi connectivity index (χ3n) is 5.90. The number of rotatable bonds is 3. The molecule has 2 aliphatic rings. The lowest BCUT2D eigenvalue weighted by molar-refractivity contribution is -0.126. The highest BCUT2D eigenvalue weighted by atomic mass is 19.1. The maximum absolute atomic E-state index is 13.3. The third-order valence-corrected chi connectivity index (χ3v) is 5.90. The van der Waals surface area contributed by atoms with Crippen molar-refractivity contribution in [2.75, 3.05) is 24.5 Å². The first-order valence-electron chi connectivity index (χ1n) is 10.8. The number of amides is 3. The Balaban J connectivity index is 1.34. The standard InChI is InChI=1S/C24H28FN3O3/c1-16-6-7-22-21(12-16)28(15-17(2)31-22)24(30)27-10-8-19(9-11-27)23(29)26-14-18-4-3-5-20(25)13-18/h3-7,12-13,17,19H,8-11,14-15H2,1-2H3,(H,26,29)/t17-/m0/s1. The van der Waals surface area contributed by atoms with Crippen molar-refractivity contribution in [2.24, 2.45) is 5.92 Å². The normalized spacial score (nSPS) is 18.9. The summed E-state index contributed by atoms with van der Waals surface area (Å²) in [7, 11) is 0. The molecule has 0 aliphatic carbocycles. The molecule has 1 saturated heterocycles. The van der Waals surface area contributed by atoms with E-state index in [9.17, 15) is 14.0 Å². The number of nitrogens with one attached hydrogen (secondary N) is 1. The largest absolute Gasteiger partial charge is 0.487 e. The first-order valence-corrected chi connectivity index (χ1v) is 10.8. The summed E-state index contributed by atoms with van der Waals surface area (Å²) in [5, 5.41) is 2.89. The van der Waals surface area contributed by atoms with Crippen LogP contribution in [0.25, 0.3) is 0 Å². The Hall–Kier alpha value is -3.09. The maximum atomic E-state index is 13.3. The summed E-state index contributed by atoms with van der Waals surface area (Å²) < 4.78 is 19.2. The Morgan fingerprint density at radius 1 is 1.16 bits per heavy atom. The molecule has 2 aromatic carbocycles. The van der Waals surface area contributed by atoms with Crippen LogP contribution in [0, 0.1) is 18.7 Å². The smallest absolute Gasteiger partial charge is 0.324 e. The van der Waals surface area contributed by atoms with Gasteiger partial charge in [0.2, 0.25) is 5.91 Å². The van der Waals surface area contributed by atoms with Gasteiger partial charge in [-0.1, -0.05) is 18.2 Å². The van der Waals surface area contributed by atoms with Crippen LogP contribution in [0.2, 0.25) is 0 Å². The molecule has 1 fully saturated rings. The molecule has 0 bridgehead atoms. The molecule has 0 spiro atoms. The van der Waals surface area contributed by atoms with Crippen molar-refractivity contribution >= 4 is 17.6 Å². The number of carbonyl (C=O) groups is 2. The lowest BCUT2D eigenvalue weighted by Gasteiger charge is -2.39. The number of hydrogen-bond donors (Lipinski definition) is 1. The number of halogens is 1. The molecule has 0 radical (unpaired) electrons. The van der Waals surface area contributed by atoms with Crippen LogP contribution in [0.3, 0.4) is 0 Å². The van der Waals surface area contributed by atoms with E-state index in [0.29, 0.717) is 39.0 Å². The van der Waals surface area contributed by atoms with Gasteiger partial charge >= 0.3 is 6.03 Å². The van der Waals surface area contributed by atoms with Crippen molar-refractivity contribution < 1.29 is 18.7 Å². The number of anilines is 1. The van der Waals surface area contributed by atoms with Crippen LogP contribution < -0.4 is 15.0 Å². The molecule has 31 heavy (non-hydrogen) atoms. The molecule has 0 aromatic heterocycles. The number of nitrogens with zero attached hydrogens (tertiary/aromatic N) is 2. The number of urea groups is 1. The zero-order valence-corrected chi connectivity index (χ0v) is 17.9. The van der Waals surface area contributed by atoms with Gasteiger partial charge in [-0.05, 0) is 62.1 Å². The fourth-order valence-electron chi connectivity index (χ4n) is 4.21. The quantitative estimate of drug-likeness (QED) is 0.812. The van der Waals surface area contributed by atoms with Gasteiger partial charge in [0.05, 0.1) is 12.2 Å². The topological polar surface area (TPSA) is 61.9 Å². The van der Waals surface area contributed by atoms with Crippen molar-refractivity contribution in [1.29, 1.82) is 0 Å². The number of fused-ring (bicyclic) bond motifs is 1. The predicted molar refractivity (Wildman–Crippen MR) is 117 cm³/mol. The van der Waals surface area contributed by atoms with Crippen LogP contribution in [-0.4, -0.2) is 42.6 Å². The van der Waals surface area contributed by atoms with E-state index in [1.165, 1.54) is 12.1 Å². The fourth-order valence-corrected chi connectivity index (χ4v) is 4.21. The van der Waals surface area contributed by atoms with E-state index in [1.54, 1.807) is 17.0 Å². The predicted octanol–water partition coefficient (Wildman–Crippen LogP) is 3.87. The maximum Gasteiger partial charge on any atom is 0.324 e. The molecule has 4 rings (SSSR count). The molecule has 2 aromatic rings. The van der Waals surface area contributed by atoms with Gasteiger partial charge in [0.1, 0.15) is 17.7 Å². The first kappa shape index (κ1) is 21.2. The number of likely N-dealkylation sites (tertiary alicyclic amines) is 1. The average Bonchev–Trinajstić information content (AvgIpc) is 2.77. The molecule has 1 N–H and O–H groups in total. The molecule has 7 heteroatoms. The van der Waals surface area contributed by atoms with Crippen molar-refractivity contribution in [3.63, 3.8) is 0 Å². The molecular formula is C24H28FN3O3. The van der Waals surface area contributed by atoms with Crippen LogP contribution in [0.1, 0.15) is 30.9 Å². The Bertz CT molecular complexity index is 972. The third kappa shape index (κ3) is 4.81. The van der Waals surface area contributed by atoms with Crippen molar-refractivity contribution in [1.82, 2.24) is 10.2 Å². The van der Waals surface area contributed by atoms with Gasteiger partial charge in [-0.25, -0.2) is 9.18 Å². The second-order valence-electron chi connectivity index (χ2n) is 8.40. The Morgan fingerprint density at radius 2 is 1.94 bits per heavy atom. The minimum atomic E-state index is -0.312. The monoisotopic (exact) mass is 425 g/mol. The minimum Gasteiger partial charge on any atom is -0.487 e. The van der Waals surface area contributed by atoms with Crippen molar-refractivity contribution in [3.8, 4) is 5.75 Å². The number of carbonyl (C=O) groups excluding carboxylic acids is 2. The van der Waals surface area contributed by atoms with E-state index in [0.717, 1.165) is 22.6 Å². The van der Waals surface area contributed by atoms with Gasteiger partial charge in [-0.3, -0.25) is 9.69 Å². The Kier molecular flexibility index (Phi) is 6.11. The number of benzene rings is 2. The zero-order valence-electron chi connectivity index (χ0n) is 17.9. The summed E-state index contributed by atoms with van der Waals surface area (Å²) in [4.78, 5) is 29.4. The molecule has 1 atom stereocenters. The van der Waals surface area contributed by atoms with Crippen LogP contribution in [0.4, 0.5) is 14.9 Å². The summed E-state index contributed by atoms with van der Waals surface area (Å²) in [6.45, 7) is 5.82. The molecular weight excluding hydrogens is 397 g/mol. The van der Waals surface area contributed by atoms with E-state index >= 15 is 0 Å². The van der Waals surface area contributed by atoms with Gasteiger partial charge in [-0.15, -0.1) is 0 Å². The van der Waals surface area contributed by atoms with Crippen molar-refractivity contribution in [2.45, 2.75) is 39.3 Å². The van der Waals surface area contributed by atoms with Gasteiger partial charge < -0.3 is 15.0 Å². The van der Waals surface area contributed by atoms with Crippen LogP contribution >= 0.6 is 0 Å². The van der Waals surface area contributed by atoms with Crippen LogP contribution in [-0.2, 0) is 11.3 Å². The number of aryl methyl sites for hydroxylation is 1. The molecule has 0 saturated carbocycles. The molecule has 164 valence electrons. The lowest BCUT2D eigenvalue weighted by Crippen LogP contribution is -2.52. The highest BCUT2D eigenvalue weighted by Crippen LogP contribution is 2.35. The van der Waals surface area contributed by atoms with Crippen molar-refractivity contribution in [3.05, 3.63) is 59.4 Å². The van der Waals surface area contributed by atoms with Gasteiger partial charge in [-0.2, -0.15) is 0 Å². The molecule has 2 aliphatic heterocycles. The SMILES string of the molecule is Cc1ccc2c(c1)N(C(=O)N1CCC(C(=O)NCc3cccc(F)c3)CC1)C[C@H](C)O2. The van der Waals surface area contributed by atoms with E-state index < -0.39 is 0 Å². The van der Waals surface area contributed by atoms with Gasteiger partial charge in [0.25, 0.3) is 0 Å². The number of piperidine rings is 1. The minimum absolute atomic E-state index is 0.0411. The van der Waals surface area contributed by atoms with Crippen LogP contribution in [0.5, 0.6) is 5.75 Å². The summed E-state index contributed by atoms with van der Waals surface area (Å²) in [6.07, 6.45) is 1.15. The average molecular weight is 426 g/mol. The summed E-state index contributed by atoms with van der Waals surface area (Å²) in [5.41, 5.74) is 2.61. The highest BCUT2D eigenvalue weighted by molar-refractivity contribution is 5.94. The second-order valence-corrected chi connectivity index (χ2v) is 8.40. The molecule has 3 amide bonds. The second kappa shape index (κ2) is 8.96. The lowest BCUT2D eigenvalue weighted by atomic mass is 9.96. The fraction of sp³-hybridized carbons (Fsp3) is 0.417. The zero-order chi connectivity index (χ0) is 22.0. The first-order chi connectivity index (χ1) is 14.9. The van der Waals surface area contributed by atoms with E-state index in [2.05, 4.69) is 5.32 Å². The summed E-state index contributed by atoms with van der Waals surface area (Å²) >= 11 is 0. The Labute approximate surface area is 182 Å². The summed E-state index contributed by atoms with van der Waals surface area (Å²) in [5.74, 6) is 0.227. The van der Waals surface area contributed by atoms with Gasteiger partial charge in [0.15, 0.2) is 0 Å². The summed E-state index contributed by atoms with van der Waals surface area (Å²) in [6, 6.07) is 12.0. The highest BCUT2D eigenvalue weighted by Gasteiger charge is 2.33. The molecule has 2 heterocycles.